The van der Waals surface area contributed by atoms with Gasteiger partial charge in [-0.2, -0.15) is 0 Å². The Labute approximate surface area is 107 Å². The number of methoxy groups -OCH3 is 1. The first-order valence-electron chi connectivity index (χ1n) is 5.99. The maximum atomic E-state index is 5.78. The fraction of sp³-hybridized carbons (Fsp3) is 0.357. The summed E-state index contributed by atoms with van der Waals surface area (Å²) in [6.45, 7) is 4.72. The van der Waals surface area contributed by atoms with Crippen molar-refractivity contribution < 1.29 is 9.47 Å². The number of benzene rings is 1. The predicted octanol–water partition coefficient (Wildman–Crippen LogP) is 3.05. The molecular formula is C14H18N2O2. The normalized spacial score (nSPS) is 10.7. The smallest absolute Gasteiger partial charge is 0.161 e. The van der Waals surface area contributed by atoms with Crippen molar-refractivity contribution in [2.75, 3.05) is 7.11 Å². The molecule has 96 valence electrons. The van der Waals surface area contributed by atoms with Gasteiger partial charge in [0, 0.05) is 6.04 Å². The van der Waals surface area contributed by atoms with E-state index in [9.17, 15) is 0 Å². The van der Waals surface area contributed by atoms with Gasteiger partial charge in [0.15, 0.2) is 11.5 Å². The number of hydrogen-bond donors (Lipinski definition) is 0. The van der Waals surface area contributed by atoms with E-state index < -0.39 is 0 Å². The topological polar surface area (TPSA) is 36.3 Å². The molecule has 0 amide bonds. The second-order valence-electron chi connectivity index (χ2n) is 4.33. The first-order chi connectivity index (χ1) is 8.72. The van der Waals surface area contributed by atoms with Crippen LogP contribution in [0.3, 0.4) is 0 Å². The van der Waals surface area contributed by atoms with Crippen molar-refractivity contribution in [3.05, 3.63) is 42.5 Å². The van der Waals surface area contributed by atoms with E-state index in [2.05, 4.69) is 23.4 Å². The number of ether oxygens (including phenoxy) is 2. The highest BCUT2D eigenvalue weighted by Crippen LogP contribution is 2.26. The van der Waals surface area contributed by atoms with E-state index in [1.54, 1.807) is 7.11 Å². The predicted molar refractivity (Wildman–Crippen MR) is 69.9 cm³/mol. The van der Waals surface area contributed by atoms with Gasteiger partial charge in [-0.25, -0.2) is 4.98 Å². The van der Waals surface area contributed by atoms with Gasteiger partial charge >= 0.3 is 0 Å². The van der Waals surface area contributed by atoms with E-state index in [1.807, 2.05) is 36.8 Å². The molecule has 2 aromatic rings. The summed E-state index contributed by atoms with van der Waals surface area (Å²) in [5.41, 5.74) is 1.05. The van der Waals surface area contributed by atoms with Crippen molar-refractivity contribution in [1.29, 1.82) is 0 Å². The molecule has 0 unspecified atom stereocenters. The van der Waals surface area contributed by atoms with Crippen LogP contribution in [0.1, 0.15) is 25.6 Å². The fourth-order valence-electron chi connectivity index (χ4n) is 1.80. The van der Waals surface area contributed by atoms with Crippen LogP contribution in [0.15, 0.2) is 36.8 Å². The molecule has 0 atom stereocenters. The summed E-state index contributed by atoms with van der Waals surface area (Å²) in [5, 5.41) is 0. The molecular weight excluding hydrogens is 228 g/mol. The van der Waals surface area contributed by atoms with Crippen LogP contribution < -0.4 is 9.47 Å². The van der Waals surface area contributed by atoms with E-state index in [0.717, 1.165) is 17.2 Å². The van der Waals surface area contributed by atoms with E-state index >= 15 is 0 Å². The number of hydrogen-bond acceptors (Lipinski definition) is 3. The Morgan fingerprint density at radius 2 is 1.94 bits per heavy atom. The van der Waals surface area contributed by atoms with Gasteiger partial charge in [-0.15, -0.1) is 0 Å². The molecule has 0 spiro atoms. The van der Waals surface area contributed by atoms with E-state index in [-0.39, 0.29) is 0 Å². The van der Waals surface area contributed by atoms with Crippen LogP contribution in [0.2, 0.25) is 0 Å². The lowest BCUT2D eigenvalue weighted by Gasteiger charge is -2.13. The Balaban J connectivity index is 2.09. The summed E-state index contributed by atoms with van der Waals surface area (Å²) in [4.78, 5) is 4.15. The monoisotopic (exact) mass is 246 g/mol. The number of aromatic nitrogens is 2. The molecule has 18 heavy (non-hydrogen) atoms. The molecule has 1 heterocycles. The van der Waals surface area contributed by atoms with Crippen molar-refractivity contribution in [3.8, 4) is 11.5 Å². The summed E-state index contributed by atoms with van der Waals surface area (Å²) in [6, 6.07) is 8.01. The van der Waals surface area contributed by atoms with Gasteiger partial charge < -0.3 is 14.0 Å². The standard InChI is InChI=1S/C14H18N2O2/c1-11(2)16-10-15-8-12(16)9-18-14-7-5-4-6-13(14)17-3/h4-8,10-11H,9H2,1-3H3. The summed E-state index contributed by atoms with van der Waals surface area (Å²) in [5.74, 6) is 1.49. The Kier molecular flexibility index (Phi) is 3.87. The van der Waals surface area contributed by atoms with E-state index in [1.165, 1.54) is 0 Å². The molecule has 0 bridgehead atoms. The Bertz CT molecular complexity index is 506. The van der Waals surface area contributed by atoms with Crippen molar-refractivity contribution in [2.45, 2.75) is 26.5 Å². The Hall–Kier alpha value is -1.97. The summed E-state index contributed by atoms with van der Waals surface area (Å²) in [6.07, 6.45) is 3.65. The molecule has 0 aliphatic heterocycles. The van der Waals surface area contributed by atoms with Crippen molar-refractivity contribution in [2.24, 2.45) is 0 Å². The minimum Gasteiger partial charge on any atom is -0.493 e. The zero-order valence-electron chi connectivity index (χ0n) is 11.0. The van der Waals surface area contributed by atoms with Crippen LogP contribution in [0, 0.1) is 0 Å². The third-order valence-corrected chi connectivity index (χ3v) is 2.75. The molecule has 0 aliphatic rings. The second kappa shape index (κ2) is 5.58. The van der Waals surface area contributed by atoms with Gasteiger partial charge in [-0.05, 0) is 26.0 Å². The molecule has 0 saturated heterocycles. The highest BCUT2D eigenvalue weighted by molar-refractivity contribution is 5.39. The molecule has 1 aromatic heterocycles. The van der Waals surface area contributed by atoms with Gasteiger partial charge in [-0.1, -0.05) is 12.1 Å². The van der Waals surface area contributed by atoms with Crippen molar-refractivity contribution >= 4 is 0 Å². The average Bonchev–Trinajstić information content (AvgIpc) is 2.85. The van der Waals surface area contributed by atoms with Crippen LogP contribution in [-0.2, 0) is 6.61 Å². The largest absolute Gasteiger partial charge is 0.493 e. The number of para-hydroxylation sites is 2. The second-order valence-corrected chi connectivity index (χ2v) is 4.33. The molecule has 2 rings (SSSR count). The average molecular weight is 246 g/mol. The van der Waals surface area contributed by atoms with E-state index in [4.69, 9.17) is 9.47 Å². The van der Waals surface area contributed by atoms with Gasteiger partial charge in [0.25, 0.3) is 0 Å². The zero-order chi connectivity index (χ0) is 13.0. The third-order valence-electron chi connectivity index (χ3n) is 2.75. The summed E-state index contributed by atoms with van der Waals surface area (Å²) >= 11 is 0. The van der Waals surface area contributed by atoms with Gasteiger partial charge in [0.2, 0.25) is 0 Å². The molecule has 0 radical (unpaired) electrons. The highest BCUT2D eigenvalue weighted by atomic mass is 16.5. The zero-order valence-corrected chi connectivity index (χ0v) is 11.0. The molecule has 0 fully saturated rings. The first kappa shape index (κ1) is 12.5. The van der Waals surface area contributed by atoms with Crippen LogP contribution >= 0.6 is 0 Å². The lowest BCUT2D eigenvalue weighted by molar-refractivity contribution is 0.273. The number of imidazole rings is 1. The molecule has 0 saturated carbocycles. The minimum absolute atomic E-state index is 0.378. The van der Waals surface area contributed by atoms with Gasteiger partial charge in [0.1, 0.15) is 6.61 Å². The molecule has 4 heteroatoms. The fourth-order valence-corrected chi connectivity index (χ4v) is 1.80. The lowest BCUT2D eigenvalue weighted by atomic mass is 10.3. The maximum absolute atomic E-state index is 5.78. The van der Waals surface area contributed by atoms with E-state index in [0.29, 0.717) is 12.6 Å². The molecule has 4 nitrogen and oxygen atoms in total. The van der Waals surface area contributed by atoms with Crippen molar-refractivity contribution in [3.63, 3.8) is 0 Å². The molecule has 0 N–H and O–H groups in total. The lowest BCUT2D eigenvalue weighted by Crippen LogP contribution is -2.07. The van der Waals surface area contributed by atoms with Crippen LogP contribution in [-0.4, -0.2) is 16.7 Å². The summed E-state index contributed by atoms with van der Waals surface area (Å²) < 4.78 is 13.1. The van der Waals surface area contributed by atoms with Crippen molar-refractivity contribution in [1.82, 2.24) is 9.55 Å². The quantitative estimate of drug-likeness (QED) is 0.813. The number of nitrogens with zero attached hydrogens (tertiary/aromatic N) is 2. The van der Waals surface area contributed by atoms with Gasteiger partial charge in [-0.3, -0.25) is 0 Å². The Morgan fingerprint density at radius 1 is 1.22 bits per heavy atom. The van der Waals surface area contributed by atoms with Crippen LogP contribution in [0.25, 0.3) is 0 Å². The first-order valence-corrected chi connectivity index (χ1v) is 5.99. The summed E-state index contributed by atoms with van der Waals surface area (Å²) in [7, 11) is 1.64. The van der Waals surface area contributed by atoms with Gasteiger partial charge in [0.05, 0.1) is 25.3 Å². The molecule has 0 aliphatic carbocycles. The number of rotatable bonds is 5. The highest BCUT2D eigenvalue weighted by Gasteiger charge is 2.08. The van der Waals surface area contributed by atoms with Crippen LogP contribution in [0.5, 0.6) is 11.5 Å². The SMILES string of the molecule is COc1ccccc1OCc1cncn1C(C)C. The molecule has 1 aromatic carbocycles. The Morgan fingerprint density at radius 3 is 2.61 bits per heavy atom. The minimum atomic E-state index is 0.378. The van der Waals surface area contributed by atoms with Crippen LogP contribution in [0.4, 0.5) is 0 Å². The third kappa shape index (κ3) is 2.64. The maximum Gasteiger partial charge on any atom is 0.161 e.